The Morgan fingerprint density at radius 3 is 0.383 bits per heavy atom. The van der Waals surface area contributed by atoms with Crippen molar-refractivity contribution in [2.24, 2.45) is 40.9 Å². The molecule has 0 aromatic rings. The van der Waals surface area contributed by atoms with Crippen LogP contribution in [0, 0.1) is 0 Å². The highest BCUT2D eigenvalue weighted by Gasteiger charge is 2.62. The minimum absolute atomic E-state index is 0.400. The van der Waals surface area contributed by atoms with Gasteiger partial charge in [-0.05, 0) is 44.2 Å². The molecule has 21 heterocycles. The maximum absolute atomic E-state index is 12.8. The van der Waals surface area contributed by atoms with Crippen LogP contribution in [0.2, 0.25) is 0 Å². The lowest BCUT2D eigenvalue weighted by molar-refractivity contribution is -0.403. The SMILES string of the molecule is C=CCO[C@H]1[C@H]2O[C@H]3[C@H](O)[C@@H](OCC=C)[C@@H](O[C@H]4[C@H](O)[C@@H](OCC=C)[C@@H](O[C@H]5[C@H](O)[C@@H](OCC=C)[C@@H](O[C@H]6[C@H](O)[C@@H](OCC=C)[C@@H](O[C@H]7[C@H](O)[C@@H](OCC=C)[C@@H](O[C@H]8[C@H](O)[C@@H](OCC=C)[C@@H](O[C@H]9[C@H](O)[C@@H](OCC=C)[C@@H](O[C@@H]([C@@H]1O)[C@@H](CN=[N+]=[N-])O2)O[C@@H]9CN=[N+]=[N-])O[C@@H]8CN=[N+]=[N-])O[C@@H]7CN=[N+]=[N-])O[C@@H]6CN=[N+]=[N-])O[C@@H]5CN=[N+]=[N-])O[C@@H]4CN=[N+]=[N-])O[C@@H]3CN=[N+]=[N-]. The molecule has 21 aliphatic rings. The number of ether oxygens (including phenoxy) is 24. The van der Waals surface area contributed by atoms with Crippen LogP contribution >= 0.6 is 0 Å². The molecule has 21 fully saturated rings. The minimum Gasteiger partial charge on any atom is -0.387 e. The Balaban J connectivity index is 1.20. The molecule has 21 rings (SSSR count). The summed E-state index contributed by atoms with van der Waals surface area (Å²) in [5.74, 6) is 0. The maximum Gasteiger partial charge on any atom is 0.187 e. The standard InChI is InChI=1S/C72H104N24O32/c1-9-17-105-57-41(97)49-33(25-81-89-73)113-65(57)121-50-34(26-82-90-74)114-67(58(42(50)98)106-18-10-2)123-52-36(28-84-92-76)116-69(60(44(52)100)108-20-12-4)125-54-38(30-86-94-78)118-71(62(46(54)102)110-22-14-6)127-56-40(32-88-96-80)120-72(64(48(56)104)112-24-16-8)128-55-39(31-87-95-79)119-70(63(47(55)103)111-23-15-7)126-53-37(29-85-93-77)117-68(61(45(53)101)109-21-13-5)124-51-35(27-83-91-75)115-66(122-49)59(43(51)99)107-19-11-3/h9-16,33-72,97-104H,1-8,17-32H2/t33-,34-,35-,36-,37-,38-,39-,40-,41+,42+,43+,44+,45+,46+,47+,48+,49-,50-,51-,52-,53-,54-,55-,56-,57-,58-,59-,60-,61-,62-,63-,64-,65-,66-,67-,68-,69-,70-,71-,72-/m1/s1. The third-order valence-corrected chi connectivity index (χ3v) is 21.1. The Morgan fingerprint density at radius 2 is 0.297 bits per heavy atom. The first-order chi connectivity index (χ1) is 62.2. The first-order valence-electron chi connectivity index (χ1n) is 40.0. The Kier molecular flexibility index (Phi) is 42.5. The van der Waals surface area contributed by atoms with Crippen molar-refractivity contribution in [3.8, 4) is 0 Å². The van der Waals surface area contributed by atoms with E-state index in [2.05, 4.69) is 133 Å². The van der Waals surface area contributed by atoms with E-state index in [1.165, 1.54) is 48.6 Å². The van der Waals surface area contributed by atoms with Gasteiger partial charge in [0.15, 0.2) is 50.3 Å². The number of aliphatic hydroxyl groups excluding tert-OH is 8. The monoisotopic (exact) mass is 1820 g/mol. The van der Waals surface area contributed by atoms with Gasteiger partial charge in [0.25, 0.3) is 0 Å². The molecular formula is C72H104N24O32. The number of aliphatic hydroxyl groups is 8. The molecule has 8 N–H and O–H groups in total. The van der Waals surface area contributed by atoms with Gasteiger partial charge in [-0.1, -0.05) is 89.5 Å². The van der Waals surface area contributed by atoms with Gasteiger partial charge >= 0.3 is 0 Å². The van der Waals surface area contributed by atoms with Crippen LogP contribution in [0.15, 0.2) is 142 Å². The van der Waals surface area contributed by atoms with Crippen molar-refractivity contribution in [3.63, 3.8) is 0 Å². The van der Waals surface area contributed by atoms with Crippen molar-refractivity contribution in [1.82, 2.24) is 0 Å². The Morgan fingerprint density at radius 1 is 0.195 bits per heavy atom. The van der Waals surface area contributed by atoms with Crippen LogP contribution in [-0.2, 0) is 114 Å². The number of rotatable bonds is 40. The smallest absolute Gasteiger partial charge is 0.187 e. The van der Waals surface area contributed by atoms with E-state index in [0.29, 0.717) is 0 Å². The van der Waals surface area contributed by atoms with Crippen molar-refractivity contribution in [2.75, 3.05) is 105 Å². The van der Waals surface area contributed by atoms with Crippen molar-refractivity contribution in [1.29, 1.82) is 0 Å². The number of hydrogen-bond donors (Lipinski definition) is 8. The molecule has 21 saturated heterocycles. The zero-order chi connectivity index (χ0) is 92.3. The summed E-state index contributed by atoms with van der Waals surface area (Å²) in [6.07, 6.45) is -64.2. The lowest BCUT2D eigenvalue weighted by Crippen LogP contribution is -2.69. The molecule has 56 heteroatoms. The van der Waals surface area contributed by atoms with E-state index in [4.69, 9.17) is 114 Å². The van der Waals surface area contributed by atoms with Gasteiger partial charge in [0.05, 0.1) is 154 Å². The fourth-order valence-corrected chi connectivity index (χ4v) is 15.6. The average Bonchev–Trinajstić information content (AvgIpc) is 0.764. The molecule has 40 atom stereocenters. The highest BCUT2D eigenvalue weighted by Crippen LogP contribution is 2.43. The summed E-state index contributed by atoms with van der Waals surface area (Å²) < 4.78 is 154. The quantitative estimate of drug-likeness (QED) is 0.0189. The minimum atomic E-state index is -2.05. The van der Waals surface area contributed by atoms with E-state index in [0.717, 1.165) is 0 Å². The van der Waals surface area contributed by atoms with E-state index in [1.807, 2.05) is 0 Å². The fourth-order valence-electron chi connectivity index (χ4n) is 15.6. The molecule has 0 saturated carbocycles. The second-order valence-electron chi connectivity index (χ2n) is 29.1. The van der Waals surface area contributed by atoms with Crippen LogP contribution in [0.1, 0.15) is 0 Å². The molecular weight excluding hydrogens is 1710 g/mol. The second-order valence-corrected chi connectivity index (χ2v) is 29.1. The highest BCUT2D eigenvalue weighted by atomic mass is 16.8. The number of azide groups is 8. The van der Waals surface area contributed by atoms with E-state index >= 15 is 0 Å². The Labute approximate surface area is 728 Å². The molecule has 0 spiro atoms. The number of hydrogen-bond acceptors (Lipinski definition) is 40. The van der Waals surface area contributed by atoms with Gasteiger partial charge in [-0.25, -0.2) is 0 Å². The lowest BCUT2D eigenvalue weighted by atomic mass is 9.94. The van der Waals surface area contributed by atoms with Gasteiger partial charge in [-0.2, -0.15) is 0 Å². The molecule has 0 aromatic carbocycles. The predicted molar refractivity (Wildman–Crippen MR) is 428 cm³/mol. The predicted octanol–water partition coefficient (Wildman–Crippen LogP) is 2.82. The van der Waals surface area contributed by atoms with E-state index in [1.54, 1.807) is 0 Å². The zero-order valence-corrected chi connectivity index (χ0v) is 68.8. The summed E-state index contributed by atoms with van der Waals surface area (Å²) in [5, 5.41) is 132. The van der Waals surface area contributed by atoms with E-state index < -0.39 is 351 Å². The first-order valence-corrected chi connectivity index (χ1v) is 40.0. The number of nitrogens with zero attached hydrogens (tertiary/aromatic N) is 24. The van der Waals surface area contributed by atoms with Crippen LogP contribution < -0.4 is 0 Å². The third kappa shape index (κ3) is 25.9. The van der Waals surface area contributed by atoms with Crippen molar-refractivity contribution < 1.29 is 155 Å². The molecule has 0 unspecified atom stereocenters. The van der Waals surface area contributed by atoms with Crippen molar-refractivity contribution in [2.45, 2.75) is 246 Å². The van der Waals surface area contributed by atoms with E-state index in [9.17, 15) is 85.1 Å². The molecule has 0 aromatic heterocycles. The fraction of sp³-hybridized carbons (Fsp3) is 0.778. The molecule has 0 amide bonds. The van der Waals surface area contributed by atoms with Gasteiger partial charge < -0.3 is 155 Å². The Hall–Kier alpha value is -8.88. The summed E-state index contributed by atoms with van der Waals surface area (Å²) >= 11 is 0. The normalized spacial score (nSPS) is 40.7. The van der Waals surface area contributed by atoms with Gasteiger partial charge in [-0.3, -0.25) is 0 Å². The van der Waals surface area contributed by atoms with Crippen molar-refractivity contribution >= 4 is 0 Å². The third-order valence-electron chi connectivity index (χ3n) is 21.1. The molecule has 16 bridgehead atoms. The molecule has 56 nitrogen and oxygen atoms in total. The van der Waals surface area contributed by atoms with Crippen LogP contribution in [0.3, 0.4) is 0 Å². The lowest BCUT2D eigenvalue weighted by Gasteiger charge is -2.52. The molecule has 21 aliphatic heterocycles. The van der Waals surface area contributed by atoms with Crippen LogP contribution in [0.5, 0.6) is 0 Å². The van der Waals surface area contributed by atoms with E-state index in [-0.39, 0.29) is 0 Å². The summed E-state index contributed by atoms with van der Waals surface area (Å²) in [6, 6.07) is 0. The molecule has 128 heavy (non-hydrogen) atoms. The molecule has 0 aliphatic carbocycles. The summed E-state index contributed by atoms with van der Waals surface area (Å²) in [7, 11) is 0. The van der Waals surface area contributed by atoms with Gasteiger partial charge in [-0.15, -0.1) is 52.6 Å². The largest absolute Gasteiger partial charge is 0.387 e. The highest BCUT2D eigenvalue weighted by molar-refractivity contribution is 5.07. The topological polar surface area (TPSA) is 773 Å². The second kappa shape index (κ2) is 52.8. The Bertz CT molecular complexity index is 3290. The summed E-state index contributed by atoms with van der Waals surface area (Å²) in [4.78, 5) is 23.1. The van der Waals surface area contributed by atoms with Gasteiger partial charge in [0.1, 0.15) is 146 Å². The van der Waals surface area contributed by atoms with Gasteiger partial charge in [0.2, 0.25) is 0 Å². The zero-order valence-electron chi connectivity index (χ0n) is 68.8. The van der Waals surface area contributed by atoms with Crippen LogP contribution in [0.25, 0.3) is 83.5 Å². The van der Waals surface area contributed by atoms with Crippen LogP contribution in [0.4, 0.5) is 0 Å². The summed E-state index contributed by atoms with van der Waals surface area (Å²) in [5.41, 5.74) is 79.0. The van der Waals surface area contributed by atoms with Crippen molar-refractivity contribution in [3.05, 3.63) is 185 Å². The molecule has 704 valence electrons. The van der Waals surface area contributed by atoms with Crippen LogP contribution in [-0.4, -0.2) is 392 Å². The average molecular weight is 1820 g/mol. The van der Waals surface area contributed by atoms with Gasteiger partial charge in [0, 0.05) is 39.3 Å². The summed E-state index contributed by atoms with van der Waals surface area (Å²) in [6.45, 7) is 20.8. The first kappa shape index (κ1) is 103. The maximum atomic E-state index is 12.8. The molecule has 0 radical (unpaired) electrons.